The highest BCUT2D eigenvalue weighted by Gasteiger charge is 2.19. The first-order valence-corrected chi connectivity index (χ1v) is 15.9. The van der Waals surface area contributed by atoms with E-state index in [2.05, 4.69) is 137 Å². The second-order valence-electron chi connectivity index (χ2n) is 12.0. The summed E-state index contributed by atoms with van der Waals surface area (Å²) in [4.78, 5) is 0. The Labute approximate surface area is 277 Å². The van der Waals surface area contributed by atoms with Gasteiger partial charge in [-0.05, 0) is 77.4 Å². The molecule has 0 fully saturated rings. The first-order valence-electron chi connectivity index (χ1n) is 15.9. The SMILES string of the molecule is N#Cc1cc(-c2ccc(-c3ccccc3)cc2-n2c3ccccc3c3cc(C#N)ccc32)cc(-n2c3ccccc3c3ccccc32)c1. The van der Waals surface area contributed by atoms with Gasteiger partial charge in [0.2, 0.25) is 0 Å². The van der Waals surface area contributed by atoms with Crippen molar-refractivity contribution in [3.05, 3.63) is 169 Å². The van der Waals surface area contributed by atoms with Gasteiger partial charge in [-0.15, -0.1) is 0 Å². The maximum Gasteiger partial charge on any atom is 0.0992 e. The summed E-state index contributed by atoms with van der Waals surface area (Å²) in [7, 11) is 0. The number of para-hydroxylation sites is 3. The normalized spacial score (nSPS) is 11.3. The molecule has 0 N–H and O–H groups in total. The third-order valence-electron chi connectivity index (χ3n) is 9.34. The Balaban J connectivity index is 1.37. The number of rotatable bonds is 4. The second-order valence-corrected chi connectivity index (χ2v) is 12.0. The van der Waals surface area contributed by atoms with Crippen LogP contribution < -0.4 is 0 Å². The highest BCUT2D eigenvalue weighted by atomic mass is 15.0. The van der Waals surface area contributed by atoms with Gasteiger partial charge in [0.1, 0.15) is 0 Å². The fraction of sp³-hybridized carbons (Fsp3) is 0. The number of nitriles is 2. The standard InChI is InChI=1S/C44H26N4/c45-27-29-18-21-43-39(24-29)38-14-6-9-17-42(38)48(43)44-26-32(31-10-2-1-3-11-31)19-20-35(44)33-22-30(28-46)23-34(25-33)47-40-15-7-4-12-36(40)37-13-5-8-16-41(37)47/h1-26H. The second kappa shape index (κ2) is 10.9. The highest BCUT2D eigenvalue weighted by molar-refractivity contribution is 6.11. The fourth-order valence-corrected chi connectivity index (χ4v) is 7.23. The van der Waals surface area contributed by atoms with E-state index in [1.807, 2.05) is 42.5 Å². The molecule has 2 heterocycles. The van der Waals surface area contributed by atoms with Gasteiger partial charge in [0.15, 0.2) is 0 Å². The molecule has 9 aromatic rings. The molecule has 0 spiro atoms. The van der Waals surface area contributed by atoms with E-state index in [9.17, 15) is 10.5 Å². The Morgan fingerprint density at radius 3 is 1.62 bits per heavy atom. The number of nitrogens with zero attached hydrogens (tertiary/aromatic N) is 4. The van der Waals surface area contributed by atoms with E-state index < -0.39 is 0 Å². The third-order valence-corrected chi connectivity index (χ3v) is 9.34. The van der Waals surface area contributed by atoms with Crippen LogP contribution in [0.5, 0.6) is 0 Å². The summed E-state index contributed by atoms with van der Waals surface area (Å²) in [6.45, 7) is 0. The predicted octanol–water partition coefficient (Wildman–Crippen LogP) is 11.0. The van der Waals surface area contributed by atoms with Crippen molar-refractivity contribution in [3.63, 3.8) is 0 Å². The molecule has 4 nitrogen and oxygen atoms in total. The maximum atomic E-state index is 10.3. The Bertz CT molecular complexity index is 2750. The average molecular weight is 611 g/mol. The number of fused-ring (bicyclic) bond motifs is 6. The zero-order valence-electron chi connectivity index (χ0n) is 25.8. The van der Waals surface area contributed by atoms with E-state index in [0.717, 1.165) is 66.5 Å². The summed E-state index contributed by atoms with van der Waals surface area (Å²) in [6.07, 6.45) is 0. The van der Waals surface area contributed by atoms with Gasteiger partial charge in [-0.3, -0.25) is 0 Å². The predicted molar refractivity (Wildman–Crippen MR) is 195 cm³/mol. The zero-order valence-corrected chi connectivity index (χ0v) is 25.8. The molecular weight excluding hydrogens is 585 g/mol. The molecule has 0 radical (unpaired) electrons. The lowest BCUT2D eigenvalue weighted by Crippen LogP contribution is -2.00. The highest BCUT2D eigenvalue weighted by Crippen LogP contribution is 2.40. The molecule has 0 atom stereocenters. The molecule has 48 heavy (non-hydrogen) atoms. The minimum absolute atomic E-state index is 0.586. The summed E-state index contributed by atoms with van der Waals surface area (Å²) in [5, 5.41) is 24.5. The molecule has 0 aliphatic heterocycles. The Morgan fingerprint density at radius 1 is 0.375 bits per heavy atom. The molecule has 0 aliphatic rings. The Kier molecular flexibility index (Phi) is 6.22. The number of aromatic nitrogens is 2. The quantitative estimate of drug-likeness (QED) is 0.199. The van der Waals surface area contributed by atoms with E-state index in [1.54, 1.807) is 0 Å². The molecule has 0 amide bonds. The van der Waals surface area contributed by atoms with Gasteiger partial charge in [-0.1, -0.05) is 97.1 Å². The molecule has 0 unspecified atom stereocenters. The molecule has 0 bridgehead atoms. The Morgan fingerprint density at radius 2 is 0.958 bits per heavy atom. The van der Waals surface area contributed by atoms with Crippen LogP contribution in [0.25, 0.3) is 77.2 Å². The maximum absolute atomic E-state index is 10.3. The lowest BCUT2D eigenvalue weighted by Gasteiger charge is -2.18. The van der Waals surface area contributed by atoms with Crippen molar-refractivity contribution < 1.29 is 0 Å². The smallest absolute Gasteiger partial charge is 0.0992 e. The fourth-order valence-electron chi connectivity index (χ4n) is 7.23. The van der Waals surface area contributed by atoms with Crippen LogP contribution >= 0.6 is 0 Å². The summed E-state index contributed by atoms with van der Waals surface area (Å²) < 4.78 is 4.56. The van der Waals surface area contributed by atoms with Gasteiger partial charge in [0, 0.05) is 32.8 Å². The van der Waals surface area contributed by atoms with Crippen LogP contribution in [0, 0.1) is 22.7 Å². The lowest BCUT2D eigenvalue weighted by atomic mass is 9.96. The van der Waals surface area contributed by atoms with Gasteiger partial charge in [-0.25, -0.2) is 0 Å². The molecule has 0 aliphatic carbocycles. The summed E-state index contributed by atoms with van der Waals surface area (Å²) >= 11 is 0. The van der Waals surface area contributed by atoms with Crippen molar-refractivity contribution in [2.75, 3.05) is 0 Å². The molecule has 222 valence electrons. The molecule has 0 saturated carbocycles. The van der Waals surface area contributed by atoms with Crippen LogP contribution in [0.2, 0.25) is 0 Å². The van der Waals surface area contributed by atoms with Gasteiger partial charge < -0.3 is 9.13 Å². The minimum Gasteiger partial charge on any atom is -0.309 e. The van der Waals surface area contributed by atoms with E-state index in [-0.39, 0.29) is 0 Å². The topological polar surface area (TPSA) is 57.4 Å². The van der Waals surface area contributed by atoms with Crippen molar-refractivity contribution in [1.29, 1.82) is 10.5 Å². The summed E-state index contributed by atoms with van der Waals surface area (Å²) in [6, 6.07) is 59.0. The third kappa shape index (κ3) is 4.22. The molecule has 2 aromatic heterocycles. The van der Waals surface area contributed by atoms with E-state index in [0.29, 0.717) is 11.1 Å². The van der Waals surface area contributed by atoms with Gasteiger partial charge in [-0.2, -0.15) is 10.5 Å². The van der Waals surface area contributed by atoms with E-state index in [4.69, 9.17) is 0 Å². The molecular formula is C44H26N4. The Hall–Kier alpha value is -6.88. The molecule has 0 saturated heterocycles. The molecule has 9 rings (SSSR count). The minimum atomic E-state index is 0.586. The van der Waals surface area contributed by atoms with Crippen molar-refractivity contribution in [2.24, 2.45) is 0 Å². The number of hydrogen-bond acceptors (Lipinski definition) is 2. The zero-order chi connectivity index (χ0) is 32.2. The molecule has 4 heteroatoms. The van der Waals surface area contributed by atoms with Crippen LogP contribution in [-0.2, 0) is 0 Å². The van der Waals surface area contributed by atoms with E-state index >= 15 is 0 Å². The summed E-state index contributed by atoms with van der Waals surface area (Å²) in [5.74, 6) is 0. The number of benzene rings is 7. The van der Waals surface area contributed by atoms with Crippen LogP contribution in [0.3, 0.4) is 0 Å². The average Bonchev–Trinajstić information content (AvgIpc) is 3.67. The largest absolute Gasteiger partial charge is 0.309 e. The van der Waals surface area contributed by atoms with Crippen LogP contribution in [0.15, 0.2) is 158 Å². The molecule has 7 aromatic carbocycles. The van der Waals surface area contributed by atoms with Gasteiger partial charge in [0.05, 0.1) is 51.0 Å². The van der Waals surface area contributed by atoms with Crippen molar-refractivity contribution in [2.45, 2.75) is 0 Å². The first-order chi connectivity index (χ1) is 23.7. The van der Waals surface area contributed by atoms with Crippen molar-refractivity contribution >= 4 is 43.6 Å². The van der Waals surface area contributed by atoms with Crippen LogP contribution in [0.4, 0.5) is 0 Å². The lowest BCUT2D eigenvalue weighted by molar-refractivity contribution is 1.17. The number of hydrogen-bond donors (Lipinski definition) is 0. The van der Waals surface area contributed by atoms with Crippen molar-refractivity contribution in [3.8, 4) is 45.8 Å². The van der Waals surface area contributed by atoms with Crippen LogP contribution in [-0.4, -0.2) is 9.13 Å². The first kappa shape index (κ1) is 27.4. The van der Waals surface area contributed by atoms with Crippen molar-refractivity contribution in [1.82, 2.24) is 9.13 Å². The summed E-state index contributed by atoms with van der Waals surface area (Å²) in [5.41, 5.74) is 11.5. The van der Waals surface area contributed by atoms with Crippen LogP contribution in [0.1, 0.15) is 11.1 Å². The monoisotopic (exact) mass is 610 g/mol. The van der Waals surface area contributed by atoms with E-state index in [1.165, 1.54) is 10.8 Å². The van der Waals surface area contributed by atoms with Gasteiger partial charge in [0.25, 0.3) is 0 Å². The van der Waals surface area contributed by atoms with Gasteiger partial charge >= 0.3 is 0 Å².